The summed E-state index contributed by atoms with van der Waals surface area (Å²) >= 11 is 0. The zero-order chi connectivity index (χ0) is 10.8. The summed E-state index contributed by atoms with van der Waals surface area (Å²) in [5, 5.41) is 0. The van der Waals surface area contributed by atoms with E-state index in [9.17, 15) is 0 Å². The highest BCUT2D eigenvalue weighted by Gasteiger charge is 2.12. The fraction of sp³-hybridized carbons (Fsp3) is 0.692. The number of allylic oxidation sites excluding steroid dienone is 1. The van der Waals surface area contributed by atoms with E-state index >= 15 is 0 Å². The van der Waals surface area contributed by atoms with Crippen LogP contribution in [0.15, 0.2) is 12.2 Å². The maximum absolute atomic E-state index is 5.58. The Kier molecular flexibility index (Phi) is 6.98. The topological polar surface area (TPSA) is 18.5 Å². The SMILES string of the molecule is C#CCC/C=C\CCO[C@H]1CCCCO1. The third-order valence-electron chi connectivity index (χ3n) is 2.35. The number of hydrogen-bond acceptors (Lipinski definition) is 2. The quantitative estimate of drug-likeness (QED) is 0.379. The first-order valence-corrected chi connectivity index (χ1v) is 5.75. The van der Waals surface area contributed by atoms with E-state index in [-0.39, 0.29) is 6.29 Å². The van der Waals surface area contributed by atoms with E-state index < -0.39 is 0 Å². The number of terminal acetylenes is 1. The summed E-state index contributed by atoms with van der Waals surface area (Å²) in [6, 6.07) is 0. The summed E-state index contributed by atoms with van der Waals surface area (Å²) < 4.78 is 11.0. The molecule has 84 valence electrons. The molecule has 2 nitrogen and oxygen atoms in total. The van der Waals surface area contributed by atoms with Gasteiger partial charge in [-0.3, -0.25) is 0 Å². The van der Waals surface area contributed by atoms with Gasteiger partial charge >= 0.3 is 0 Å². The van der Waals surface area contributed by atoms with Gasteiger partial charge in [0.1, 0.15) is 0 Å². The fourth-order valence-electron chi connectivity index (χ4n) is 1.51. The predicted molar refractivity (Wildman–Crippen MR) is 61.4 cm³/mol. The molecule has 0 saturated carbocycles. The summed E-state index contributed by atoms with van der Waals surface area (Å²) in [6.45, 7) is 1.60. The number of hydrogen-bond donors (Lipinski definition) is 0. The largest absolute Gasteiger partial charge is 0.353 e. The van der Waals surface area contributed by atoms with E-state index in [2.05, 4.69) is 18.1 Å². The van der Waals surface area contributed by atoms with Crippen LogP contribution < -0.4 is 0 Å². The molecule has 0 aromatic heterocycles. The maximum atomic E-state index is 5.58. The molecule has 1 saturated heterocycles. The van der Waals surface area contributed by atoms with Crippen LogP contribution >= 0.6 is 0 Å². The van der Waals surface area contributed by atoms with Gasteiger partial charge in [-0.05, 0) is 32.1 Å². The molecule has 15 heavy (non-hydrogen) atoms. The normalized spacial score (nSPS) is 21.7. The number of ether oxygens (including phenoxy) is 2. The van der Waals surface area contributed by atoms with Crippen molar-refractivity contribution in [3.8, 4) is 12.3 Å². The molecular weight excluding hydrogens is 188 g/mol. The standard InChI is InChI=1S/C13H20O2/c1-2-3-4-5-6-8-11-14-13-10-7-9-12-15-13/h1,5-6,13H,3-4,7-12H2/b6-5-/t13-/m1/s1. The first kappa shape index (κ1) is 12.3. The summed E-state index contributed by atoms with van der Waals surface area (Å²) in [7, 11) is 0. The molecule has 0 radical (unpaired) electrons. The van der Waals surface area contributed by atoms with Crippen molar-refractivity contribution in [2.75, 3.05) is 13.2 Å². The molecule has 1 aliphatic heterocycles. The average Bonchev–Trinajstić information content (AvgIpc) is 2.29. The number of unbranched alkanes of at least 4 members (excludes halogenated alkanes) is 1. The third kappa shape index (κ3) is 6.33. The maximum Gasteiger partial charge on any atom is 0.157 e. The Morgan fingerprint density at radius 2 is 2.20 bits per heavy atom. The van der Waals surface area contributed by atoms with Crippen LogP contribution in [0.25, 0.3) is 0 Å². The molecule has 1 rings (SSSR count). The Balaban J connectivity index is 1.92. The van der Waals surface area contributed by atoms with Crippen molar-refractivity contribution in [2.45, 2.75) is 44.8 Å². The van der Waals surface area contributed by atoms with E-state index in [1.807, 2.05) is 0 Å². The molecule has 1 aliphatic rings. The first-order chi connectivity index (χ1) is 7.43. The van der Waals surface area contributed by atoms with Gasteiger partial charge < -0.3 is 9.47 Å². The minimum atomic E-state index is 0.0397. The molecule has 0 aromatic rings. The molecule has 1 heterocycles. The second-order valence-electron chi connectivity index (χ2n) is 3.67. The van der Waals surface area contributed by atoms with Crippen molar-refractivity contribution >= 4 is 0 Å². The van der Waals surface area contributed by atoms with Gasteiger partial charge in [0.25, 0.3) is 0 Å². The average molecular weight is 208 g/mol. The van der Waals surface area contributed by atoms with Gasteiger partial charge in [0.2, 0.25) is 0 Å². The van der Waals surface area contributed by atoms with Crippen molar-refractivity contribution in [3.63, 3.8) is 0 Å². The fourth-order valence-corrected chi connectivity index (χ4v) is 1.51. The molecular formula is C13H20O2. The summed E-state index contributed by atoms with van der Waals surface area (Å²) in [5.41, 5.74) is 0. The molecule has 0 spiro atoms. The Morgan fingerprint density at radius 1 is 1.33 bits per heavy atom. The van der Waals surface area contributed by atoms with Gasteiger partial charge in [0.05, 0.1) is 6.61 Å². The molecule has 1 fully saturated rings. The second-order valence-corrected chi connectivity index (χ2v) is 3.67. The lowest BCUT2D eigenvalue weighted by Gasteiger charge is -2.22. The van der Waals surface area contributed by atoms with Crippen molar-refractivity contribution in [1.82, 2.24) is 0 Å². The Bertz CT molecular complexity index is 209. The van der Waals surface area contributed by atoms with Crippen molar-refractivity contribution < 1.29 is 9.47 Å². The van der Waals surface area contributed by atoms with Crippen LogP contribution in [-0.4, -0.2) is 19.5 Å². The molecule has 0 amide bonds. The van der Waals surface area contributed by atoms with Crippen LogP contribution in [-0.2, 0) is 9.47 Å². The molecule has 0 N–H and O–H groups in total. The van der Waals surface area contributed by atoms with Crippen LogP contribution in [0.2, 0.25) is 0 Å². The van der Waals surface area contributed by atoms with E-state index in [0.717, 1.165) is 38.9 Å². The lowest BCUT2D eigenvalue weighted by atomic mass is 10.2. The van der Waals surface area contributed by atoms with Gasteiger partial charge in [0.15, 0.2) is 6.29 Å². The second kappa shape index (κ2) is 8.52. The van der Waals surface area contributed by atoms with Crippen molar-refractivity contribution in [3.05, 3.63) is 12.2 Å². The van der Waals surface area contributed by atoms with Crippen LogP contribution in [0.1, 0.15) is 38.5 Å². The first-order valence-electron chi connectivity index (χ1n) is 5.75. The summed E-state index contributed by atoms with van der Waals surface area (Å²) in [6.07, 6.45) is 15.6. The molecule has 0 aromatic carbocycles. The van der Waals surface area contributed by atoms with E-state index in [1.165, 1.54) is 12.8 Å². The predicted octanol–water partition coefficient (Wildman–Crippen LogP) is 2.89. The molecule has 2 heteroatoms. The smallest absolute Gasteiger partial charge is 0.157 e. The minimum Gasteiger partial charge on any atom is -0.353 e. The van der Waals surface area contributed by atoms with E-state index in [4.69, 9.17) is 15.9 Å². The van der Waals surface area contributed by atoms with Crippen molar-refractivity contribution in [2.24, 2.45) is 0 Å². The molecule has 1 atom stereocenters. The van der Waals surface area contributed by atoms with E-state index in [0.29, 0.717) is 0 Å². The van der Waals surface area contributed by atoms with Crippen LogP contribution in [0, 0.1) is 12.3 Å². The van der Waals surface area contributed by atoms with E-state index in [1.54, 1.807) is 0 Å². The highest BCUT2D eigenvalue weighted by molar-refractivity contribution is 4.90. The third-order valence-corrected chi connectivity index (χ3v) is 2.35. The van der Waals surface area contributed by atoms with Gasteiger partial charge in [-0.2, -0.15) is 0 Å². The highest BCUT2D eigenvalue weighted by Crippen LogP contribution is 2.13. The zero-order valence-corrected chi connectivity index (χ0v) is 9.28. The van der Waals surface area contributed by atoms with Gasteiger partial charge in [-0.1, -0.05) is 12.2 Å². The molecule has 0 aliphatic carbocycles. The Labute approximate surface area is 92.6 Å². The number of rotatable bonds is 6. The zero-order valence-electron chi connectivity index (χ0n) is 9.28. The molecule has 0 unspecified atom stereocenters. The summed E-state index contributed by atoms with van der Waals surface area (Å²) in [5.74, 6) is 2.61. The van der Waals surface area contributed by atoms with Crippen LogP contribution in [0.4, 0.5) is 0 Å². The van der Waals surface area contributed by atoms with Gasteiger partial charge in [0, 0.05) is 13.0 Å². The van der Waals surface area contributed by atoms with Gasteiger partial charge in [-0.25, -0.2) is 0 Å². The molecule has 0 bridgehead atoms. The van der Waals surface area contributed by atoms with Crippen LogP contribution in [0.3, 0.4) is 0 Å². The summed E-state index contributed by atoms with van der Waals surface area (Å²) in [4.78, 5) is 0. The lowest BCUT2D eigenvalue weighted by molar-refractivity contribution is -0.161. The Morgan fingerprint density at radius 3 is 2.93 bits per heavy atom. The van der Waals surface area contributed by atoms with Crippen LogP contribution in [0.5, 0.6) is 0 Å². The monoisotopic (exact) mass is 208 g/mol. The highest BCUT2D eigenvalue weighted by atomic mass is 16.7. The van der Waals surface area contributed by atoms with Gasteiger partial charge in [-0.15, -0.1) is 12.3 Å². The Hall–Kier alpha value is -0.780. The van der Waals surface area contributed by atoms with Crippen molar-refractivity contribution in [1.29, 1.82) is 0 Å². The lowest BCUT2D eigenvalue weighted by Crippen LogP contribution is -2.22. The minimum absolute atomic E-state index is 0.0397.